The van der Waals surface area contributed by atoms with Gasteiger partial charge in [0, 0.05) is 12.1 Å². The van der Waals surface area contributed by atoms with Crippen LogP contribution in [0.15, 0.2) is 22.2 Å². The number of H-pyrrole nitrogens is 2. The van der Waals surface area contributed by atoms with E-state index in [-0.39, 0.29) is 34.6 Å². The summed E-state index contributed by atoms with van der Waals surface area (Å²) >= 11 is 1.14. The number of hydrogen-bond donors (Lipinski definition) is 2. The minimum absolute atomic E-state index is 0.0503. The summed E-state index contributed by atoms with van der Waals surface area (Å²) in [5.74, 6) is -0.236. The van der Waals surface area contributed by atoms with Crippen LogP contribution in [0.25, 0.3) is 0 Å². The van der Waals surface area contributed by atoms with Gasteiger partial charge in [-0.2, -0.15) is 0 Å². The molecule has 0 saturated heterocycles. The second kappa shape index (κ2) is 5.20. The van der Waals surface area contributed by atoms with Crippen molar-refractivity contribution in [2.24, 2.45) is 0 Å². The highest BCUT2D eigenvalue weighted by Gasteiger charge is 2.29. The van der Waals surface area contributed by atoms with Gasteiger partial charge in [0.2, 0.25) is 0 Å². The molecule has 0 aliphatic heterocycles. The number of carbonyl (C=O) groups is 1. The largest absolute Gasteiger partial charge is 0.353 e. The van der Waals surface area contributed by atoms with Gasteiger partial charge >= 0.3 is 5.69 Å². The molecule has 3 rings (SSSR count). The lowest BCUT2D eigenvalue weighted by molar-refractivity contribution is -0.384. The lowest BCUT2D eigenvalue weighted by Gasteiger charge is -2.01. The number of aromatic nitrogens is 4. The number of Topliss-reactive ketones (excluding diaryl/α,β-unsaturated/α-hetero) is 1. The monoisotopic (exact) mass is 309 g/mol. The predicted octanol–water partition coefficient (Wildman–Crippen LogP) is 1.12. The molecule has 2 heterocycles. The maximum Gasteiger partial charge on any atom is 0.344 e. The van der Waals surface area contributed by atoms with Gasteiger partial charge in [-0.1, -0.05) is 11.8 Å². The molecule has 2 aromatic rings. The Labute approximate surface area is 121 Å². The van der Waals surface area contributed by atoms with E-state index in [2.05, 4.69) is 15.2 Å². The standard InChI is InChI=1S/C11H11N5O4S/c17-9(8-3-7(4-12-8)16(19)20)5-21-11-14-13-10(18)15(11)6-1-2-6/h3-4,6,12H,1-2,5H2,(H,13,18). The summed E-state index contributed by atoms with van der Waals surface area (Å²) in [6.45, 7) is 0. The van der Waals surface area contributed by atoms with Crippen molar-refractivity contribution in [3.05, 3.63) is 38.6 Å². The zero-order valence-electron chi connectivity index (χ0n) is 10.7. The van der Waals surface area contributed by atoms with Crippen molar-refractivity contribution in [2.75, 3.05) is 5.75 Å². The van der Waals surface area contributed by atoms with Gasteiger partial charge < -0.3 is 4.98 Å². The summed E-state index contributed by atoms with van der Waals surface area (Å²) in [4.78, 5) is 36.1. The molecule has 0 spiro atoms. The van der Waals surface area contributed by atoms with E-state index in [4.69, 9.17) is 0 Å². The molecule has 0 amide bonds. The van der Waals surface area contributed by atoms with Gasteiger partial charge in [-0.3, -0.25) is 19.5 Å². The predicted molar refractivity (Wildman–Crippen MR) is 73.6 cm³/mol. The van der Waals surface area contributed by atoms with Gasteiger partial charge in [0.1, 0.15) is 0 Å². The van der Waals surface area contributed by atoms with Crippen molar-refractivity contribution in [2.45, 2.75) is 24.0 Å². The summed E-state index contributed by atoms with van der Waals surface area (Å²) in [6.07, 6.45) is 3.04. The van der Waals surface area contributed by atoms with Crippen LogP contribution in [0.4, 0.5) is 5.69 Å². The Balaban J connectivity index is 1.68. The quantitative estimate of drug-likeness (QED) is 0.356. The highest BCUT2D eigenvalue weighted by molar-refractivity contribution is 7.99. The molecule has 1 fully saturated rings. The first-order valence-electron chi connectivity index (χ1n) is 6.22. The van der Waals surface area contributed by atoms with Crippen LogP contribution in [0, 0.1) is 10.1 Å². The SMILES string of the molecule is O=C(CSc1n[nH]c(=O)n1C1CC1)c1cc([N+](=O)[O-])c[nH]1. The second-order valence-corrected chi connectivity index (χ2v) is 5.60. The Kier molecular flexibility index (Phi) is 3.37. The highest BCUT2D eigenvalue weighted by atomic mass is 32.2. The molecule has 110 valence electrons. The van der Waals surface area contributed by atoms with Gasteiger partial charge in [0.05, 0.1) is 22.6 Å². The molecular weight excluding hydrogens is 298 g/mol. The number of carbonyl (C=O) groups excluding carboxylic acids is 1. The summed E-state index contributed by atoms with van der Waals surface area (Å²) in [5.41, 5.74) is -0.258. The molecule has 0 radical (unpaired) electrons. The molecule has 0 aromatic carbocycles. The molecule has 1 aliphatic carbocycles. The molecule has 2 N–H and O–H groups in total. The summed E-state index contributed by atoms with van der Waals surface area (Å²) in [5, 5.41) is 17.3. The first kappa shape index (κ1) is 13.6. The Morgan fingerprint density at radius 3 is 2.95 bits per heavy atom. The van der Waals surface area contributed by atoms with E-state index in [0.29, 0.717) is 5.16 Å². The zero-order valence-corrected chi connectivity index (χ0v) is 11.6. The Morgan fingerprint density at radius 2 is 2.33 bits per heavy atom. The molecule has 0 atom stereocenters. The summed E-state index contributed by atoms with van der Waals surface area (Å²) in [6, 6.07) is 1.36. The molecule has 0 bridgehead atoms. The minimum Gasteiger partial charge on any atom is -0.353 e. The van der Waals surface area contributed by atoms with Crippen LogP contribution in [0.5, 0.6) is 0 Å². The van der Waals surface area contributed by atoms with Crippen LogP contribution < -0.4 is 5.69 Å². The topological polar surface area (TPSA) is 127 Å². The van der Waals surface area contributed by atoms with Gasteiger partial charge in [-0.15, -0.1) is 5.10 Å². The third kappa shape index (κ3) is 2.75. The van der Waals surface area contributed by atoms with E-state index >= 15 is 0 Å². The van der Waals surface area contributed by atoms with E-state index in [9.17, 15) is 19.7 Å². The Morgan fingerprint density at radius 1 is 1.57 bits per heavy atom. The van der Waals surface area contributed by atoms with E-state index in [0.717, 1.165) is 24.6 Å². The molecular formula is C11H11N5O4S. The average molecular weight is 309 g/mol. The smallest absolute Gasteiger partial charge is 0.344 e. The molecule has 1 saturated carbocycles. The van der Waals surface area contributed by atoms with Crippen LogP contribution in [0.2, 0.25) is 0 Å². The fraction of sp³-hybridized carbons (Fsp3) is 0.364. The average Bonchev–Trinajstić information content (AvgIpc) is 3.02. The van der Waals surface area contributed by atoms with E-state index in [1.165, 1.54) is 12.3 Å². The van der Waals surface area contributed by atoms with Crippen LogP contribution >= 0.6 is 11.8 Å². The number of hydrogen-bond acceptors (Lipinski definition) is 6. The first-order valence-corrected chi connectivity index (χ1v) is 7.20. The fourth-order valence-corrected chi connectivity index (χ4v) is 2.80. The molecule has 2 aromatic heterocycles. The number of aromatic amines is 2. The van der Waals surface area contributed by atoms with Gasteiger partial charge in [0.15, 0.2) is 10.9 Å². The van der Waals surface area contributed by atoms with Gasteiger partial charge in [-0.25, -0.2) is 9.89 Å². The normalized spacial score (nSPS) is 14.3. The first-order chi connectivity index (χ1) is 10.1. The third-order valence-corrected chi connectivity index (χ3v) is 4.05. The number of ketones is 1. The van der Waals surface area contributed by atoms with Gasteiger partial charge in [-0.05, 0) is 12.8 Å². The van der Waals surface area contributed by atoms with Crippen LogP contribution in [-0.2, 0) is 0 Å². The van der Waals surface area contributed by atoms with E-state index < -0.39 is 4.92 Å². The van der Waals surface area contributed by atoms with Crippen LogP contribution in [0.3, 0.4) is 0 Å². The van der Waals surface area contributed by atoms with Crippen molar-refractivity contribution >= 4 is 23.2 Å². The van der Waals surface area contributed by atoms with E-state index in [1.54, 1.807) is 4.57 Å². The van der Waals surface area contributed by atoms with Crippen LogP contribution in [0.1, 0.15) is 29.4 Å². The van der Waals surface area contributed by atoms with Crippen molar-refractivity contribution in [3.63, 3.8) is 0 Å². The minimum atomic E-state index is -0.571. The molecule has 21 heavy (non-hydrogen) atoms. The molecule has 0 unspecified atom stereocenters. The summed E-state index contributed by atoms with van der Waals surface area (Å²) in [7, 11) is 0. The van der Waals surface area contributed by atoms with E-state index in [1.807, 2.05) is 0 Å². The van der Waals surface area contributed by atoms with Crippen LogP contribution in [-0.4, -0.2) is 36.2 Å². The molecule has 1 aliphatic rings. The number of nitrogens with zero attached hydrogens (tertiary/aromatic N) is 3. The lowest BCUT2D eigenvalue weighted by Crippen LogP contribution is -2.16. The van der Waals surface area contributed by atoms with Crippen molar-refractivity contribution in [1.82, 2.24) is 19.7 Å². The third-order valence-electron chi connectivity index (χ3n) is 3.10. The van der Waals surface area contributed by atoms with Crippen molar-refractivity contribution in [1.29, 1.82) is 0 Å². The van der Waals surface area contributed by atoms with Crippen molar-refractivity contribution < 1.29 is 9.72 Å². The number of nitrogens with one attached hydrogen (secondary N) is 2. The lowest BCUT2D eigenvalue weighted by atomic mass is 10.3. The fourth-order valence-electron chi connectivity index (χ4n) is 1.90. The Hall–Kier alpha value is -2.36. The number of nitro groups is 1. The van der Waals surface area contributed by atoms with Crippen molar-refractivity contribution in [3.8, 4) is 0 Å². The molecule has 10 heteroatoms. The maximum absolute atomic E-state index is 12.0. The maximum atomic E-state index is 12.0. The number of rotatable bonds is 6. The summed E-state index contributed by atoms with van der Waals surface area (Å²) < 4.78 is 1.55. The highest BCUT2D eigenvalue weighted by Crippen LogP contribution is 2.36. The number of thioether (sulfide) groups is 1. The molecule has 9 nitrogen and oxygen atoms in total. The Bertz CT molecular complexity index is 757. The zero-order chi connectivity index (χ0) is 15.0. The second-order valence-electron chi connectivity index (χ2n) is 4.65. The van der Waals surface area contributed by atoms with Gasteiger partial charge in [0.25, 0.3) is 5.69 Å².